The average Bonchev–Trinajstić information content (AvgIpc) is 2.69. The van der Waals surface area contributed by atoms with Crippen LogP contribution in [0.4, 0.5) is 5.69 Å². The van der Waals surface area contributed by atoms with E-state index >= 15 is 0 Å². The van der Waals surface area contributed by atoms with E-state index < -0.39 is 5.54 Å². The highest BCUT2D eigenvalue weighted by molar-refractivity contribution is 6.11. The minimum absolute atomic E-state index is 0.0426. The zero-order valence-corrected chi connectivity index (χ0v) is 9.69. The second-order valence-corrected chi connectivity index (χ2v) is 4.83. The topological polar surface area (TPSA) is 49.4 Å². The van der Waals surface area contributed by atoms with Gasteiger partial charge in [0, 0.05) is 6.54 Å². The van der Waals surface area contributed by atoms with E-state index in [2.05, 4.69) is 5.32 Å². The van der Waals surface area contributed by atoms with Crippen LogP contribution in [0.5, 0.6) is 0 Å². The van der Waals surface area contributed by atoms with Gasteiger partial charge < -0.3 is 10.2 Å². The molecule has 0 aliphatic carbocycles. The summed E-state index contributed by atoms with van der Waals surface area (Å²) in [6.45, 7) is 2.51. The summed E-state index contributed by atoms with van der Waals surface area (Å²) in [5.41, 5.74) is 0.528. The van der Waals surface area contributed by atoms with E-state index in [0.717, 1.165) is 12.8 Å². The number of amides is 2. The molecule has 2 aliphatic rings. The Morgan fingerprint density at radius 3 is 2.88 bits per heavy atom. The molecule has 0 bridgehead atoms. The van der Waals surface area contributed by atoms with Crippen LogP contribution in [0.1, 0.15) is 30.1 Å². The minimum atomic E-state index is -0.684. The molecule has 88 valence electrons. The minimum Gasteiger partial charge on any atom is -0.324 e. The fourth-order valence-electron chi connectivity index (χ4n) is 2.71. The van der Waals surface area contributed by atoms with Gasteiger partial charge in [-0.3, -0.25) is 9.59 Å². The summed E-state index contributed by atoms with van der Waals surface area (Å²) in [7, 11) is 0. The molecule has 1 N–H and O–H groups in total. The molecule has 17 heavy (non-hydrogen) atoms. The average molecular weight is 230 g/mol. The monoisotopic (exact) mass is 230 g/mol. The van der Waals surface area contributed by atoms with Gasteiger partial charge in [0.2, 0.25) is 5.91 Å². The molecule has 1 atom stereocenters. The third kappa shape index (κ3) is 1.30. The van der Waals surface area contributed by atoms with Crippen molar-refractivity contribution in [2.75, 3.05) is 11.9 Å². The summed E-state index contributed by atoms with van der Waals surface area (Å²) in [6.07, 6.45) is 1.62. The molecule has 0 spiro atoms. The molecular formula is C13H14N2O2. The zero-order valence-electron chi connectivity index (χ0n) is 9.69. The molecule has 1 unspecified atom stereocenters. The van der Waals surface area contributed by atoms with Gasteiger partial charge >= 0.3 is 0 Å². The van der Waals surface area contributed by atoms with Gasteiger partial charge in [-0.25, -0.2) is 0 Å². The Morgan fingerprint density at radius 1 is 1.29 bits per heavy atom. The van der Waals surface area contributed by atoms with Crippen molar-refractivity contribution in [3.8, 4) is 0 Å². The molecule has 1 aromatic carbocycles. The molecule has 0 aromatic heterocycles. The molecule has 1 fully saturated rings. The molecule has 4 heteroatoms. The van der Waals surface area contributed by atoms with Crippen LogP contribution in [0.25, 0.3) is 0 Å². The number of benzene rings is 1. The molecule has 2 aliphatic heterocycles. The SMILES string of the molecule is CC12CCCN1C(=O)c1ccccc1NC2=O. The quantitative estimate of drug-likeness (QED) is 0.736. The van der Waals surface area contributed by atoms with Crippen LogP contribution in [0.15, 0.2) is 24.3 Å². The van der Waals surface area contributed by atoms with Crippen molar-refractivity contribution in [1.29, 1.82) is 0 Å². The maximum absolute atomic E-state index is 12.4. The molecular weight excluding hydrogens is 216 g/mol. The smallest absolute Gasteiger partial charge is 0.256 e. The van der Waals surface area contributed by atoms with E-state index in [1.807, 2.05) is 19.1 Å². The van der Waals surface area contributed by atoms with Crippen molar-refractivity contribution < 1.29 is 9.59 Å². The summed E-state index contributed by atoms with van der Waals surface area (Å²) in [4.78, 5) is 26.3. The van der Waals surface area contributed by atoms with Crippen molar-refractivity contribution in [2.45, 2.75) is 25.3 Å². The van der Waals surface area contributed by atoms with E-state index in [0.29, 0.717) is 17.8 Å². The van der Waals surface area contributed by atoms with Crippen LogP contribution in [-0.2, 0) is 4.79 Å². The number of nitrogens with zero attached hydrogens (tertiary/aromatic N) is 1. The first-order valence-electron chi connectivity index (χ1n) is 5.85. The number of carbonyl (C=O) groups is 2. The van der Waals surface area contributed by atoms with Crippen molar-refractivity contribution in [2.24, 2.45) is 0 Å². The van der Waals surface area contributed by atoms with E-state index in [-0.39, 0.29) is 11.8 Å². The molecule has 2 amide bonds. The van der Waals surface area contributed by atoms with Gasteiger partial charge in [0.1, 0.15) is 5.54 Å². The Bertz CT molecular complexity index is 512. The Morgan fingerprint density at radius 2 is 2.06 bits per heavy atom. The predicted molar refractivity (Wildman–Crippen MR) is 63.7 cm³/mol. The van der Waals surface area contributed by atoms with Gasteiger partial charge in [0.25, 0.3) is 5.91 Å². The number of para-hydroxylation sites is 1. The lowest BCUT2D eigenvalue weighted by Crippen LogP contribution is -2.51. The zero-order chi connectivity index (χ0) is 12.0. The second kappa shape index (κ2) is 3.32. The van der Waals surface area contributed by atoms with Gasteiger partial charge in [0.15, 0.2) is 0 Å². The number of anilines is 1. The Labute approximate surface area is 99.6 Å². The van der Waals surface area contributed by atoms with Gasteiger partial charge in [-0.2, -0.15) is 0 Å². The summed E-state index contributed by atoms with van der Waals surface area (Å²) in [5, 5.41) is 2.86. The lowest BCUT2D eigenvalue weighted by atomic mass is 9.98. The molecule has 4 nitrogen and oxygen atoms in total. The fourth-order valence-corrected chi connectivity index (χ4v) is 2.71. The lowest BCUT2D eigenvalue weighted by Gasteiger charge is -2.31. The fraction of sp³-hybridized carbons (Fsp3) is 0.385. The van der Waals surface area contributed by atoms with Crippen molar-refractivity contribution in [3.05, 3.63) is 29.8 Å². The maximum atomic E-state index is 12.4. The first-order chi connectivity index (χ1) is 8.13. The summed E-state index contributed by atoms with van der Waals surface area (Å²) in [5.74, 6) is -0.118. The molecule has 3 rings (SSSR count). The largest absolute Gasteiger partial charge is 0.324 e. The number of nitrogens with one attached hydrogen (secondary N) is 1. The molecule has 1 saturated heterocycles. The van der Waals surface area contributed by atoms with Crippen LogP contribution in [0, 0.1) is 0 Å². The molecule has 0 radical (unpaired) electrons. The Balaban J connectivity index is 2.16. The summed E-state index contributed by atoms with van der Waals surface area (Å²) in [6, 6.07) is 7.19. The van der Waals surface area contributed by atoms with E-state index in [1.54, 1.807) is 17.0 Å². The Hall–Kier alpha value is -1.84. The van der Waals surface area contributed by atoms with Crippen LogP contribution < -0.4 is 5.32 Å². The number of fused-ring (bicyclic) bond motifs is 2. The summed E-state index contributed by atoms with van der Waals surface area (Å²) < 4.78 is 0. The van der Waals surface area contributed by atoms with Gasteiger partial charge in [-0.05, 0) is 31.9 Å². The van der Waals surface area contributed by atoms with Gasteiger partial charge in [-0.1, -0.05) is 12.1 Å². The van der Waals surface area contributed by atoms with Gasteiger partial charge in [-0.15, -0.1) is 0 Å². The van der Waals surface area contributed by atoms with Gasteiger partial charge in [0.05, 0.1) is 11.3 Å². The third-order valence-corrected chi connectivity index (χ3v) is 3.78. The molecule has 2 heterocycles. The summed E-state index contributed by atoms with van der Waals surface area (Å²) >= 11 is 0. The predicted octanol–water partition coefficient (Wildman–Crippen LogP) is 1.63. The van der Waals surface area contributed by atoms with Crippen LogP contribution in [-0.4, -0.2) is 28.8 Å². The Kier molecular flexibility index (Phi) is 2.02. The standard InChI is InChI=1S/C13H14N2O2/c1-13-7-4-8-15(13)11(16)9-5-2-3-6-10(9)14-12(13)17/h2-3,5-6H,4,7-8H2,1H3,(H,14,17). The van der Waals surface area contributed by atoms with Crippen LogP contribution in [0.3, 0.4) is 0 Å². The maximum Gasteiger partial charge on any atom is 0.256 e. The van der Waals surface area contributed by atoms with Crippen LogP contribution >= 0.6 is 0 Å². The second-order valence-electron chi connectivity index (χ2n) is 4.83. The molecule has 1 aromatic rings. The number of carbonyl (C=O) groups excluding carboxylic acids is 2. The number of rotatable bonds is 0. The highest BCUT2D eigenvalue weighted by Gasteiger charge is 2.48. The first-order valence-corrected chi connectivity index (χ1v) is 5.85. The van der Waals surface area contributed by atoms with Crippen molar-refractivity contribution in [1.82, 2.24) is 4.90 Å². The van der Waals surface area contributed by atoms with Crippen molar-refractivity contribution >= 4 is 17.5 Å². The van der Waals surface area contributed by atoms with Crippen molar-refractivity contribution in [3.63, 3.8) is 0 Å². The lowest BCUT2D eigenvalue weighted by molar-refractivity contribution is -0.124. The van der Waals surface area contributed by atoms with Crippen LogP contribution in [0.2, 0.25) is 0 Å². The number of hydrogen-bond acceptors (Lipinski definition) is 2. The van der Waals surface area contributed by atoms with E-state index in [1.165, 1.54) is 0 Å². The molecule has 0 saturated carbocycles. The highest BCUT2D eigenvalue weighted by Crippen LogP contribution is 2.35. The third-order valence-electron chi connectivity index (χ3n) is 3.78. The normalized spacial score (nSPS) is 27.2. The van der Waals surface area contributed by atoms with E-state index in [9.17, 15) is 9.59 Å². The number of hydrogen-bond donors (Lipinski definition) is 1. The highest BCUT2D eigenvalue weighted by atomic mass is 16.2. The first kappa shape index (κ1) is 10.3. The van der Waals surface area contributed by atoms with E-state index in [4.69, 9.17) is 0 Å².